The molecule has 0 N–H and O–H groups in total. The lowest BCUT2D eigenvalue weighted by molar-refractivity contribution is -0.141. The number of hydrogen-bond donors (Lipinski definition) is 0. The molecule has 0 radical (unpaired) electrons. The van der Waals surface area contributed by atoms with E-state index < -0.39 is 11.9 Å². The molecular formula is C8H8F3NO. The van der Waals surface area contributed by atoms with Crippen molar-refractivity contribution >= 4 is 0 Å². The lowest BCUT2D eigenvalue weighted by atomic mass is 10.2. The van der Waals surface area contributed by atoms with Crippen molar-refractivity contribution in [2.45, 2.75) is 13.1 Å². The maximum Gasteiger partial charge on any atom is 0.433 e. The molecule has 0 atom stereocenters. The Kier molecular flexibility index (Phi) is 2.45. The first-order valence-electron chi connectivity index (χ1n) is 3.53. The first-order valence-corrected chi connectivity index (χ1v) is 3.53. The molecule has 1 heterocycles. The Bertz CT molecular complexity index is 309. The van der Waals surface area contributed by atoms with Crippen LogP contribution in [-0.4, -0.2) is 12.1 Å². The van der Waals surface area contributed by atoms with E-state index >= 15 is 0 Å². The van der Waals surface area contributed by atoms with Crippen LogP contribution >= 0.6 is 0 Å². The predicted molar refractivity (Wildman–Crippen MR) is 40.5 cm³/mol. The molecule has 0 amide bonds. The van der Waals surface area contributed by atoms with Crippen molar-refractivity contribution in [2.75, 3.05) is 7.11 Å². The molecule has 0 saturated carbocycles. The second kappa shape index (κ2) is 3.24. The van der Waals surface area contributed by atoms with E-state index in [1.54, 1.807) is 0 Å². The fourth-order valence-electron chi connectivity index (χ4n) is 0.957. The Morgan fingerprint density at radius 2 is 2.00 bits per heavy atom. The Labute approximate surface area is 73.4 Å². The van der Waals surface area contributed by atoms with Gasteiger partial charge in [0, 0.05) is 0 Å². The SMILES string of the molecule is COc1cnc(C(F)(F)F)c(C)c1. The average Bonchev–Trinajstić information content (AvgIpc) is 2.01. The summed E-state index contributed by atoms with van der Waals surface area (Å²) in [5.41, 5.74) is -0.805. The van der Waals surface area contributed by atoms with Crippen molar-refractivity contribution in [1.29, 1.82) is 0 Å². The van der Waals surface area contributed by atoms with Crippen molar-refractivity contribution in [1.82, 2.24) is 4.98 Å². The van der Waals surface area contributed by atoms with Gasteiger partial charge in [-0.3, -0.25) is 0 Å². The minimum absolute atomic E-state index is 0.0619. The van der Waals surface area contributed by atoms with Crippen LogP contribution in [0.4, 0.5) is 13.2 Å². The van der Waals surface area contributed by atoms with Crippen molar-refractivity contribution in [3.05, 3.63) is 23.5 Å². The summed E-state index contributed by atoms with van der Waals surface area (Å²) in [6.07, 6.45) is -3.34. The molecule has 0 unspecified atom stereocenters. The molecule has 2 nitrogen and oxygen atoms in total. The lowest BCUT2D eigenvalue weighted by Crippen LogP contribution is -2.10. The van der Waals surface area contributed by atoms with E-state index in [1.807, 2.05) is 0 Å². The maximum absolute atomic E-state index is 12.2. The molecule has 1 aromatic heterocycles. The van der Waals surface area contributed by atoms with Gasteiger partial charge in [0.05, 0.1) is 13.3 Å². The smallest absolute Gasteiger partial charge is 0.433 e. The third kappa shape index (κ3) is 2.11. The van der Waals surface area contributed by atoms with Gasteiger partial charge in [-0.2, -0.15) is 13.2 Å². The Morgan fingerprint density at radius 3 is 2.38 bits per heavy atom. The third-order valence-corrected chi connectivity index (χ3v) is 1.56. The van der Waals surface area contributed by atoms with Crippen molar-refractivity contribution in [2.24, 2.45) is 0 Å². The number of aryl methyl sites for hydroxylation is 1. The zero-order valence-corrected chi connectivity index (χ0v) is 7.14. The molecule has 0 aliphatic heterocycles. The predicted octanol–water partition coefficient (Wildman–Crippen LogP) is 2.42. The van der Waals surface area contributed by atoms with Gasteiger partial charge < -0.3 is 4.74 Å². The molecule has 0 saturated heterocycles. The first kappa shape index (κ1) is 9.83. The molecule has 13 heavy (non-hydrogen) atoms. The second-order valence-corrected chi connectivity index (χ2v) is 2.54. The summed E-state index contributed by atoms with van der Waals surface area (Å²) < 4.78 is 41.3. The lowest BCUT2D eigenvalue weighted by Gasteiger charge is -2.09. The van der Waals surface area contributed by atoms with Crippen LogP contribution in [0, 0.1) is 6.92 Å². The molecule has 0 aliphatic rings. The number of hydrogen-bond acceptors (Lipinski definition) is 2. The molecule has 0 spiro atoms. The minimum Gasteiger partial charge on any atom is -0.495 e. The summed E-state index contributed by atoms with van der Waals surface area (Å²) in [4.78, 5) is 3.27. The van der Waals surface area contributed by atoms with Crippen LogP contribution in [0.3, 0.4) is 0 Å². The monoisotopic (exact) mass is 191 g/mol. The highest BCUT2D eigenvalue weighted by Crippen LogP contribution is 2.31. The van der Waals surface area contributed by atoms with Gasteiger partial charge in [-0.15, -0.1) is 0 Å². The van der Waals surface area contributed by atoms with E-state index in [0.717, 1.165) is 6.20 Å². The molecule has 72 valence electrons. The zero-order chi connectivity index (χ0) is 10.1. The fraction of sp³-hybridized carbons (Fsp3) is 0.375. The number of pyridine rings is 1. The Hall–Kier alpha value is -1.26. The number of aromatic nitrogens is 1. The van der Waals surface area contributed by atoms with E-state index in [0.29, 0.717) is 5.75 Å². The largest absolute Gasteiger partial charge is 0.495 e. The number of ether oxygens (including phenoxy) is 1. The Balaban J connectivity index is 3.13. The van der Waals surface area contributed by atoms with Gasteiger partial charge in [-0.25, -0.2) is 4.98 Å². The van der Waals surface area contributed by atoms with Gasteiger partial charge in [-0.05, 0) is 18.6 Å². The maximum atomic E-state index is 12.2. The summed E-state index contributed by atoms with van der Waals surface area (Å²) >= 11 is 0. The number of alkyl halides is 3. The molecule has 5 heteroatoms. The van der Waals surface area contributed by atoms with Gasteiger partial charge in [0.25, 0.3) is 0 Å². The molecule has 1 rings (SSSR count). The van der Waals surface area contributed by atoms with Crippen LogP contribution in [0.5, 0.6) is 5.75 Å². The van der Waals surface area contributed by atoms with E-state index in [1.165, 1.54) is 20.1 Å². The zero-order valence-electron chi connectivity index (χ0n) is 7.14. The van der Waals surface area contributed by atoms with Gasteiger partial charge in [0.15, 0.2) is 0 Å². The number of methoxy groups -OCH3 is 1. The molecule has 0 bridgehead atoms. The van der Waals surface area contributed by atoms with Crippen LogP contribution in [0.15, 0.2) is 12.3 Å². The highest BCUT2D eigenvalue weighted by atomic mass is 19.4. The summed E-state index contributed by atoms with van der Waals surface area (Å²) in [7, 11) is 1.38. The van der Waals surface area contributed by atoms with E-state index in [4.69, 9.17) is 4.74 Å². The quantitative estimate of drug-likeness (QED) is 0.680. The second-order valence-electron chi connectivity index (χ2n) is 2.54. The number of rotatable bonds is 1. The number of nitrogens with zero attached hydrogens (tertiary/aromatic N) is 1. The normalized spacial score (nSPS) is 11.5. The third-order valence-electron chi connectivity index (χ3n) is 1.56. The van der Waals surface area contributed by atoms with Gasteiger partial charge in [0.2, 0.25) is 0 Å². The summed E-state index contributed by atoms with van der Waals surface area (Å²) in [5, 5.41) is 0. The van der Waals surface area contributed by atoms with Crippen LogP contribution in [0.25, 0.3) is 0 Å². The summed E-state index contributed by atoms with van der Waals surface area (Å²) in [6, 6.07) is 1.30. The van der Waals surface area contributed by atoms with Gasteiger partial charge in [0.1, 0.15) is 11.4 Å². The Morgan fingerprint density at radius 1 is 1.38 bits per heavy atom. The molecular weight excluding hydrogens is 183 g/mol. The minimum atomic E-state index is -4.39. The standard InChI is InChI=1S/C8H8F3NO/c1-5-3-6(13-2)4-12-7(5)8(9,10)11/h3-4H,1-2H3. The van der Waals surface area contributed by atoms with Gasteiger partial charge >= 0.3 is 6.18 Å². The first-order chi connectivity index (χ1) is 5.95. The van der Waals surface area contributed by atoms with E-state index in [-0.39, 0.29) is 5.56 Å². The summed E-state index contributed by atoms with van der Waals surface area (Å²) in [6.45, 7) is 1.35. The van der Waals surface area contributed by atoms with E-state index in [2.05, 4.69) is 4.98 Å². The van der Waals surface area contributed by atoms with Crippen LogP contribution < -0.4 is 4.74 Å². The molecule has 0 aromatic carbocycles. The summed E-state index contributed by atoms with van der Waals surface area (Å²) in [5.74, 6) is 0.325. The van der Waals surface area contributed by atoms with Crippen LogP contribution in [-0.2, 0) is 6.18 Å². The van der Waals surface area contributed by atoms with Crippen LogP contribution in [0.1, 0.15) is 11.3 Å². The molecule has 1 aromatic rings. The van der Waals surface area contributed by atoms with Gasteiger partial charge in [-0.1, -0.05) is 0 Å². The van der Waals surface area contributed by atoms with Crippen molar-refractivity contribution in [3.63, 3.8) is 0 Å². The van der Waals surface area contributed by atoms with Crippen molar-refractivity contribution < 1.29 is 17.9 Å². The molecule has 0 aliphatic carbocycles. The van der Waals surface area contributed by atoms with E-state index in [9.17, 15) is 13.2 Å². The highest BCUT2D eigenvalue weighted by molar-refractivity contribution is 5.29. The molecule has 0 fully saturated rings. The fourth-order valence-corrected chi connectivity index (χ4v) is 0.957. The topological polar surface area (TPSA) is 22.1 Å². The van der Waals surface area contributed by atoms with Crippen molar-refractivity contribution in [3.8, 4) is 5.75 Å². The highest BCUT2D eigenvalue weighted by Gasteiger charge is 2.34. The number of halogens is 3. The van der Waals surface area contributed by atoms with Crippen LogP contribution in [0.2, 0.25) is 0 Å². The average molecular weight is 191 g/mol.